The lowest BCUT2D eigenvalue weighted by Gasteiger charge is -2.38. The number of H-pyrrole nitrogens is 1. The average Bonchev–Trinajstić information content (AvgIpc) is 3.05. The second kappa shape index (κ2) is 7.57. The molecule has 1 aliphatic rings. The van der Waals surface area contributed by atoms with Gasteiger partial charge in [-0.1, -0.05) is 0 Å². The molecule has 1 aliphatic heterocycles. The molecule has 0 radical (unpaired) electrons. The van der Waals surface area contributed by atoms with Gasteiger partial charge in [0, 0.05) is 43.6 Å². The largest absolute Gasteiger partial charge is 0.369 e. The molecule has 3 rings (SSSR count). The zero-order valence-corrected chi connectivity index (χ0v) is 15.2. The summed E-state index contributed by atoms with van der Waals surface area (Å²) in [4.78, 5) is 20.2. The van der Waals surface area contributed by atoms with Gasteiger partial charge in [0.15, 0.2) is 5.82 Å². The molecule has 1 saturated heterocycles. The molecule has 2 heterocycles. The van der Waals surface area contributed by atoms with E-state index < -0.39 is 5.91 Å². The number of nitrogens with one attached hydrogen (secondary N) is 2. The number of carbonyl (C=O) groups excluding carboxylic acids is 1. The van der Waals surface area contributed by atoms with Crippen molar-refractivity contribution in [2.75, 3.05) is 36.4 Å². The van der Waals surface area contributed by atoms with Gasteiger partial charge in [-0.15, -0.1) is 0 Å². The fourth-order valence-corrected chi connectivity index (χ4v) is 3.17. The highest BCUT2D eigenvalue weighted by Crippen LogP contribution is 2.27. The van der Waals surface area contributed by atoms with Gasteiger partial charge in [-0.2, -0.15) is 5.10 Å². The molecule has 0 saturated carbocycles. The lowest BCUT2D eigenvalue weighted by Crippen LogP contribution is -2.48. The minimum absolute atomic E-state index is 0.194. The summed E-state index contributed by atoms with van der Waals surface area (Å²) in [7, 11) is 0. The van der Waals surface area contributed by atoms with E-state index in [2.05, 4.69) is 63.0 Å². The van der Waals surface area contributed by atoms with Gasteiger partial charge in [-0.25, -0.2) is 4.99 Å². The zero-order valence-electron chi connectivity index (χ0n) is 15.2. The highest BCUT2D eigenvalue weighted by Gasteiger charge is 2.20. The molecule has 1 aromatic heterocycles. The Hall–Kier alpha value is -2.87. The fraction of sp³-hybridized carbons (Fsp3) is 0.389. The van der Waals surface area contributed by atoms with Crippen molar-refractivity contribution in [2.24, 2.45) is 10.7 Å². The average molecular weight is 355 g/mol. The van der Waals surface area contributed by atoms with Crippen molar-refractivity contribution in [1.29, 1.82) is 0 Å². The summed E-state index contributed by atoms with van der Waals surface area (Å²) in [6, 6.07) is 8.67. The van der Waals surface area contributed by atoms with Crippen LogP contribution in [0.4, 0.5) is 23.0 Å². The third-order valence-corrected chi connectivity index (χ3v) is 4.69. The highest BCUT2D eigenvalue weighted by atomic mass is 16.1. The van der Waals surface area contributed by atoms with E-state index in [1.807, 2.05) is 12.1 Å². The van der Waals surface area contributed by atoms with Gasteiger partial charge in [0.25, 0.3) is 5.91 Å². The van der Waals surface area contributed by atoms with Crippen molar-refractivity contribution in [3.8, 4) is 0 Å². The monoisotopic (exact) mass is 355 g/mol. The molecule has 26 heavy (non-hydrogen) atoms. The van der Waals surface area contributed by atoms with Gasteiger partial charge in [0.1, 0.15) is 11.4 Å². The van der Waals surface area contributed by atoms with Crippen LogP contribution in [0.25, 0.3) is 0 Å². The zero-order chi connectivity index (χ0) is 18.7. The summed E-state index contributed by atoms with van der Waals surface area (Å²) in [5.41, 5.74) is 7.63. The highest BCUT2D eigenvalue weighted by molar-refractivity contribution is 6.02. The molecule has 1 aromatic carbocycles. The molecule has 0 atom stereocenters. The number of anilines is 3. The lowest BCUT2D eigenvalue weighted by molar-refractivity contribution is 0.100. The van der Waals surface area contributed by atoms with Crippen LogP contribution in [0.3, 0.4) is 0 Å². The first-order valence-electron chi connectivity index (χ1n) is 8.70. The maximum absolute atomic E-state index is 11.6. The van der Waals surface area contributed by atoms with Crippen molar-refractivity contribution >= 4 is 35.6 Å². The summed E-state index contributed by atoms with van der Waals surface area (Å²) >= 11 is 0. The second-order valence-corrected chi connectivity index (χ2v) is 6.61. The van der Waals surface area contributed by atoms with Crippen molar-refractivity contribution in [2.45, 2.75) is 19.9 Å². The number of carbonyl (C=O) groups is 1. The van der Waals surface area contributed by atoms with Crippen LogP contribution >= 0.6 is 0 Å². The van der Waals surface area contributed by atoms with Crippen LogP contribution in [-0.4, -0.2) is 59.9 Å². The summed E-state index contributed by atoms with van der Waals surface area (Å²) < 4.78 is 0. The van der Waals surface area contributed by atoms with Crippen LogP contribution in [-0.2, 0) is 0 Å². The molecule has 1 fully saturated rings. The standard InChI is InChI=1S/C18H25N7O/c1-12(2)24-8-10-25(11-9-24)14-6-4-13(5-7-14)21-18-15(16(19)26)17(20-3)22-23-18/h4-7,12H,3,8-11H2,1-2H3,(H2,19,26)(H2,21,22,23). The molecule has 4 N–H and O–H groups in total. The molecule has 8 nitrogen and oxygen atoms in total. The van der Waals surface area contributed by atoms with Crippen LogP contribution in [0.1, 0.15) is 24.2 Å². The van der Waals surface area contributed by atoms with E-state index in [0.29, 0.717) is 11.9 Å². The quantitative estimate of drug-likeness (QED) is 0.689. The van der Waals surface area contributed by atoms with E-state index in [1.165, 1.54) is 5.69 Å². The van der Waals surface area contributed by atoms with E-state index >= 15 is 0 Å². The molecule has 0 bridgehead atoms. The SMILES string of the molecule is C=Nc1n[nH]c(Nc2ccc(N3CCN(C(C)C)CC3)cc2)c1C(N)=O. The number of aromatic nitrogens is 2. The normalized spacial score (nSPS) is 15.3. The number of rotatable bonds is 6. The van der Waals surface area contributed by atoms with Gasteiger partial charge in [-0.3, -0.25) is 14.8 Å². The van der Waals surface area contributed by atoms with Crippen LogP contribution in [0.15, 0.2) is 29.3 Å². The summed E-state index contributed by atoms with van der Waals surface area (Å²) in [5.74, 6) is 0.00105. The Balaban J connectivity index is 1.68. The first kappa shape index (κ1) is 17.9. The first-order valence-corrected chi connectivity index (χ1v) is 8.70. The third-order valence-electron chi connectivity index (χ3n) is 4.69. The van der Waals surface area contributed by atoms with E-state index in [-0.39, 0.29) is 11.4 Å². The molecule has 2 aromatic rings. The number of amides is 1. The molecule has 8 heteroatoms. The number of primary amides is 1. The minimum Gasteiger partial charge on any atom is -0.369 e. The topological polar surface area (TPSA) is 103 Å². The number of aliphatic imine (C=N–C) groups is 1. The van der Waals surface area contributed by atoms with Gasteiger partial charge >= 0.3 is 0 Å². The van der Waals surface area contributed by atoms with Gasteiger partial charge < -0.3 is 16.0 Å². The van der Waals surface area contributed by atoms with E-state index in [9.17, 15) is 4.79 Å². The van der Waals surface area contributed by atoms with Gasteiger partial charge in [-0.05, 0) is 44.8 Å². The van der Waals surface area contributed by atoms with E-state index in [0.717, 1.165) is 31.9 Å². The minimum atomic E-state index is -0.608. The van der Waals surface area contributed by atoms with Crippen LogP contribution in [0, 0.1) is 0 Å². The Kier molecular flexibility index (Phi) is 5.22. The number of piperazine rings is 1. The third kappa shape index (κ3) is 3.70. The molecule has 0 aliphatic carbocycles. The predicted octanol–water partition coefficient (Wildman–Crippen LogP) is 2.11. The van der Waals surface area contributed by atoms with Crippen molar-refractivity contribution in [3.05, 3.63) is 29.8 Å². The number of nitrogens with two attached hydrogens (primary N) is 1. The molecule has 0 unspecified atom stereocenters. The van der Waals surface area contributed by atoms with E-state index in [1.54, 1.807) is 0 Å². The fourth-order valence-electron chi connectivity index (χ4n) is 3.17. The molecule has 0 spiro atoms. The van der Waals surface area contributed by atoms with Crippen molar-refractivity contribution in [3.63, 3.8) is 0 Å². The summed E-state index contributed by atoms with van der Waals surface area (Å²) in [6.45, 7) is 12.1. The smallest absolute Gasteiger partial charge is 0.256 e. The lowest BCUT2D eigenvalue weighted by atomic mass is 10.2. The maximum atomic E-state index is 11.6. The number of benzene rings is 1. The number of aromatic amines is 1. The predicted molar refractivity (Wildman–Crippen MR) is 105 cm³/mol. The Morgan fingerprint density at radius 3 is 2.46 bits per heavy atom. The molecule has 138 valence electrons. The van der Waals surface area contributed by atoms with Crippen LogP contribution in [0.2, 0.25) is 0 Å². The Labute approximate surface area is 153 Å². The number of nitrogens with zero attached hydrogens (tertiary/aromatic N) is 4. The first-order chi connectivity index (χ1) is 12.5. The number of hydrogen-bond acceptors (Lipinski definition) is 6. The van der Waals surface area contributed by atoms with Gasteiger partial charge in [0.05, 0.1) is 0 Å². The van der Waals surface area contributed by atoms with E-state index in [4.69, 9.17) is 5.73 Å². The number of hydrogen-bond donors (Lipinski definition) is 3. The Morgan fingerprint density at radius 2 is 1.92 bits per heavy atom. The van der Waals surface area contributed by atoms with Crippen LogP contribution in [0.5, 0.6) is 0 Å². The van der Waals surface area contributed by atoms with Crippen LogP contribution < -0.4 is 16.0 Å². The van der Waals surface area contributed by atoms with Crippen molar-refractivity contribution in [1.82, 2.24) is 15.1 Å². The molecular weight excluding hydrogens is 330 g/mol. The van der Waals surface area contributed by atoms with Gasteiger partial charge in [0.2, 0.25) is 0 Å². The maximum Gasteiger partial charge on any atom is 0.256 e. The summed E-state index contributed by atoms with van der Waals surface area (Å²) in [5, 5.41) is 9.80. The molecular formula is C18H25N7O. The second-order valence-electron chi connectivity index (χ2n) is 6.61. The molecule has 1 amide bonds. The Morgan fingerprint density at radius 1 is 1.27 bits per heavy atom. The summed E-state index contributed by atoms with van der Waals surface area (Å²) in [6.07, 6.45) is 0. The van der Waals surface area contributed by atoms with Crippen molar-refractivity contribution < 1.29 is 4.79 Å². The Bertz CT molecular complexity index is 773.